The van der Waals surface area contributed by atoms with E-state index in [4.69, 9.17) is 16.6 Å². The summed E-state index contributed by atoms with van der Waals surface area (Å²) in [6.07, 6.45) is -1.25. The minimum atomic E-state index is -1.43. The van der Waals surface area contributed by atoms with Crippen molar-refractivity contribution < 1.29 is 34.2 Å². The zero-order valence-corrected chi connectivity index (χ0v) is 17.0. The summed E-state index contributed by atoms with van der Waals surface area (Å²) in [7, 11) is 0. The maximum atomic E-state index is 12.7. The smallest absolute Gasteiger partial charge is 0.325 e. The first-order valence-electron chi connectivity index (χ1n) is 9.17. The van der Waals surface area contributed by atoms with Gasteiger partial charge in [0, 0.05) is 0 Å². The third-order valence-corrected chi connectivity index (χ3v) is 4.38. The number of aliphatic carboxylic acids is 1. The quantitative estimate of drug-likeness (QED) is 0.175. The number of carboxylic acids is 1. The van der Waals surface area contributed by atoms with Crippen LogP contribution in [-0.2, 0) is 24.0 Å². The van der Waals surface area contributed by atoms with Crippen LogP contribution in [0.4, 0.5) is 0 Å². The van der Waals surface area contributed by atoms with E-state index >= 15 is 0 Å². The number of rotatable bonds is 12. The number of hydrogen-bond acceptors (Lipinski definition) is 7. The van der Waals surface area contributed by atoms with Gasteiger partial charge in [-0.3, -0.25) is 24.0 Å². The minimum absolute atomic E-state index is 0.379. The minimum Gasteiger partial charge on any atom is -0.480 e. The monoisotopic (exact) mass is 417 g/mol. The summed E-state index contributed by atoms with van der Waals surface area (Å²) in [4.78, 5) is 59.3. The number of hydrogen-bond donors (Lipinski definition) is 7. The summed E-state index contributed by atoms with van der Waals surface area (Å²) in [6, 6.07) is -5.08. The molecule has 6 unspecified atom stereocenters. The Kier molecular flexibility index (Phi) is 10.8. The maximum absolute atomic E-state index is 12.7. The maximum Gasteiger partial charge on any atom is 0.325 e. The summed E-state index contributed by atoms with van der Waals surface area (Å²) < 4.78 is 0. The van der Waals surface area contributed by atoms with Gasteiger partial charge in [0.2, 0.25) is 23.6 Å². The van der Waals surface area contributed by atoms with Crippen LogP contribution in [0.1, 0.15) is 40.5 Å². The predicted molar refractivity (Wildman–Crippen MR) is 102 cm³/mol. The van der Waals surface area contributed by atoms with Crippen LogP contribution < -0.4 is 27.4 Å². The molecule has 12 nitrogen and oxygen atoms in total. The van der Waals surface area contributed by atoms with Crippen molar-refractivity contribution in [3.63, 3.8) is 0 Å². The van der Waals surface area contributed by atoms with Crippen LogP contribution in [0.5, 0.6) is 0 Å². The summed E-state index contributed by atoms with van der Waals surface area (Å²) in [6.45, 7) is 5.98. The van der Waals surface area contributed by atoms with Gasteiger partial charge in [0.25, 0.3) is 0 Å². The van der Waals surface area contributed by atoms with Crippen molar-refractivity contribution in [3.05, 3.63) is 0 Å². The normalized spacial score (nSPS) is 17.0. The molecular formula is C17H31N5O7. The molecule has 0 aromatic rings. The van der Waals surface area contributed by atoms with Crippen molar-refractivity contribution in [1.82, 2.24) is 16.0 Å². The second-order valence-corrected chi connectivity index (χ2v) is 6.94. The lowest BCUT2D eigenvalue weighted by Gasteiger charge is -2.27. The number of carboxylic acid groups (broad SMARTS) is 1. The highest BCUT2D eigenvalue weighted by molar-refractivity contribution is 5.96. The molecule has 0 rings (SSSR count). The number of aliphatic hydroxyl groups excluding tert-OH is 1. The molecule has 0 saturated heterocycles. The van der Waals surface area contributed by atoms with E-state index in [1.165, 1.54) is 13.8 Å². The van der Waals surface area contributed by atoms with E-state index in [0.717, 1.165) is 0 Å². The van der Waals surface area contributed by atoms with E-state index in [1.54, 1.807) is 13.8 Å². The van der Waals surface area contributed by atoms with Gasteiger partial charge in [0.05, 0.1) is 12.5 Å². The van der Waals surface area contributed by atoms with Gasteiger partial charge >= 0.3 is 5.97 Å². The number of primary amides is 1. The van der Waals surface area contributed by atoms with Crippen molar-refractivity contribution in [3.8, 4) is 0 Å². The Morgan fingerprint density at radius 2 is 1.48 bits per heavy atom. The summed E-state index contributed by atoms with van der Waals surface area (Å²) >= 11 is 0. The van der Waals surface area contributed by atoms with E-state index in [-0.39, 0.29) is 5.92 Å². The SMILES string of the molecule is CCC(C)C(NC(=O)C(N)C(C)O)C(=O)NC(CC(N)=O)C(=O)NC(C)C(=O)O. The number of carbonyl (C=O) groups is 5. The van der Waals surface area contributed by atoms with Crippen LogP contribution in [0, 0.1) is 5.92 Å². The molecule has 6 atom stereocenters. The number of aliphatic hydroxyl groups is 1. The lowest BCUT2D eigenvalue weighted by atomic mass is 9.97. The fourth-order valence-corrected chi connectivity index (χ4v) is 2.22. The summed E-state index contributed by atoms with van der Waals surface area (Å²) in [5, 5.41) is 25.2. The molecule has 0 aliphatic carbocycles. The molecular weight excluding hydrogens is 386 g/mol. The van der Waals surface area contributed by atoms with Crippen LogP contribution in [-0.4, -0.2) is 70.1 Å². The van der Waals surface area contributed by atoms with Crippen LogP contribution in [0.3, 0.4) is 0 Å². The number of carbonyl (C=O) groups excluding carboxylic acids is 4. The lowest BCUT2D eigenvalue weighted by Crippen LogP contribution is -2.59. The summed E-state index contributed by atoms with van der Waals surface area (Å²) in [5.41, 5.74) is 10.7. The van der Waals surface area contributed by atoms with Crippen molar-refractivity contribution >= 4 is 29.6 Å². The fourth-order valence-electron chi connectivity index (χ4n) is 2.22. The molecule has 12 heteroatoms. The molecule has 9 N–H and O–H groups in total. The first-order chi connectivity index (χ1) is 13.3. The predicted octanol–water partition coefficient (Wildman–Crippen LogP) is -2.83. The van der Waals surface area contributed by atoms with Crippen LogP contribution in [0.15, 0.2) is 0 Å². The van der Waals surface area contributed by atoms with Gasteiger partial charge in [0.1, 0.15) is 24.2 Å². The number of nitrogens with two attached hydrogens (primary N) is 2. The molecule has 0 radical (unpaired) electrons. The van der Waals surface area contributed by atoms with E-state index < -0.39 is 66.3 Å². The van der Waals surface area contributed by atoms with E-state index in [1.807, 2.05) is 0 Å². The molecule has 0 fully saturated rings. The van der Waals surface area contributed by atoms with Crippen molar-refractivity contribution in [2.45, 2.75) is 70.8 Å². The van der Waals surface area contributed by atoms with Gasteiger partial charge in [-0.15, -0.1) is 0 Å². The Morgan fingerprint density at radius 1 is 0.931 bits per heavy atom. The zero-order valence-electron chi connectivity index (χ0n) is 17.0. The highest BCUT2D eigenvalue weighted by Crippen LogP contribution is 2.09. The molecule has 0 heterocycles. The van der Waals surface area contributed by atoms with E-state index in [9.17, 15) is 29.1 Å². The second-order valence-electron chi connectivity index (χ2n) is 6.94. The standard InChI is InChI=1S/C17H31N5O7/c1-5-7(2)13(22-15(26)12(19)9(4)23)16(27)21-10(6-11(18)24)14(25)20-8(3)17(28)29/h7-10,12-13,23H,5-6,19H2,1-4H3,(H2,18,24)(H,20,25)(H,21,27)(H,22,26)(H,28,29). The van der Waals surface area contributed by atoms with Gasteiger partial charge in [-0.05, 0) is 19.8 Å². The Bertz CT molecular complexity index is 625. The molecule has 0 saturated carbocycles. The molecule has 0 aliphatic heterocycles. The van der Waals surface area contributed by atoms with Gasteiger partial charge in [-0.2, -0.15) is 0 Å². The third kappa shape index (κ3) is 8.87. The Morgan fingerprint density at radius 3 is 1.90 bits per heavy atom. The average Bonchev–Trinajstić information content (AvgIpc) is 2.62. The van der Waals surface area contributed by atoms with E-state index in [0.29, 0.717) is 6.42 Å². The average molecular weight is 417 g/mol. The van der Waals surface area contributed by atoms with Gasteiger partial charge in [0.15, 0.2) is 0 Å². The van der Waals surface area contributed by atoms with Crippen molar-refractivity contribution in [2.75, 3.05) is 0 Å². The Labute approximate surface area is 168 Å². The van der Waals surface area contributed by atoms with Gasteiger partial charge < -0.3 is 37.6 Å². The highest BCUT2D eigenvalue weighted by Gasteiger charge is 2.33. The molecule has 166 valence electrons. The molecule has 0 bridgehead atoms. The van der Waals surface area contributed by atoms with Gasteiger partial charge in [-0.25, -0.2) is 0 Å². The van der Waals surface area contributed by atoms with Crippen LogP contribution in [0.2, 0.25) is 0 Å². The lowest BCUT2D eigenvalue weighted by molar-refractivity contribution is -0.142. The molecule has 4 amide bonds. The molecule has 0 aromatic heterocycles. The molecule has 0 aliphatic rings. The third-order valence-electron chi connectivity index (χ3n) is 4.38. The number of amides is 4. The number of nitrogens with one attached hydrogen (secondary N) is 3. The molecule has 29 heavy (non-hydrogen) atoms. The van der Waals surface area contributed by atoms with E-state index in [2.05, 4.69) is 16.0 Å². The molecule has 0 aromatic carbocycles. The topological polar surface area (TPSA) is 214 Å². The van der Waals surface area contributed by atoms with Crippen molar-refractivity contribution in [2.24, 2.45) is 17.4 Å². The zero-order chi connectivity index (χ0) is 22.9. The first kappa shape index (κ1) is 26.3. The van der Waals surface area contributed by atoms with Crippen molar-refractivity contribution in [1.29, 1.82) is 0 Å². The van der Waals surface area contributed by atoms with Gasteiger partial charge in [-0.1, -0.05) is 20.3 Å². The fraction of sp³-hybridized carbons (Fsp3) is 0.706. The highest BCUT2D eigenvalue weighted by atomic mass is 16.4. The molecule has 0 spiro atoms. The van der Waals surface area contributed by atoms with Crippen LogP contribution >= 0.6 is 0 Å². The Hall–Kier alpha value is -2.73. The largest absolute Gasteiger partial charge is 0.480 e. The first-order valence-corrected chi connectivity index (χ1v) is 9.17. The van der Waals surface area contributed by atoms with Crippen LogP contribution in [0.25, 0.3) is 0 Å². The second kappa shape index (κ2) is 12.0. The Balaban J connectivity index is 5.45. The summed E-state index contributed by atoms with van der Waals surface area (Å²) in [5.74, 6) is -5.05.